The van der Waals surface area contributed by atoms with Crippen molar-refractivity contribution < 1.29 is 14.7 Å². The maximum atomic E-state index is 13.1. The minimum atomic E-state index is -0.521. The number of rotatable bonds is 6. The Morgan fingerprint density at radius 1 is 0.806 bits per heavy atom. The molecular weight excluding hydrogens is 450 g/mol. The van der Waals surface area contributed by atoms with Crippen LogP contribution in [0.15, 0.2) is 84.9 Å². The first-order valence-electron chi connectivity index (χ1n) is 11.9. The molecule has 0 aliphatic carbocycles. The highest BCUT2D eigenvalue weighted by Crippen LogP contribution is 2.29. The van der Waals surface area contributed by atoms with Crippen molar-refractivity contribution in [3.8, 4) is 28.1 Å². The lowest BCUT2D eigenvalue weighted by atomic mass is 10.00. The van der Waals surface area contributed by atoms with Gasteiger partial charge in [0.25, 0.3) is 5.91 Å². The van der Waals surface area contributed by atoms with Gasteiger partial charge in [-0.1, -0.05) is 62.7 Å². The van der Waals surface area contributed by atoms with Gasteiger partial charge in [0.1, 0.15) is 11.6 Å². The largest absolute Gasteiger partial charge is 0.507 e. The van der Waals surface area contributed by atoms with Crippen molar-refractivity contribution in [2.24, 2.45) is 0 Å². The van der Waals surface area contributed by atoms with Crippen molar-refractivity contribution in [1.29, 1.82) is 0 Å². The second-order valence-corrected chi connectivity index (χ2v) is 8.23. The smallest absolute Gasteiger partial charge is 0.259 e. The third kappa shape index (κ3) is 6.36. The van der Waals surface area contributed by atoms with Crippen LogP contribution in [0.3, 0.4) is 0 Å². The Morgan fingerprint density at radius 3 is 2.17 bits per heavy atom. The fourth-order valence-corrected chi connectivity index (χ4v) is 3.57. The summed E-state index contributed by atoms with van der Waals surface area (Å²) in [4.78, 5) is 29.8. The number of nitrogens with zero attached hydrogens (tertiary/aromatic N) is 1. The number of aromatic nitrogens is 1. The molecule has 36 heavy (non-hydrogen) atoms. The lowest BCUT2D eigenvalue weighted by Gasteiger charge is -2.13. The van der Waals surface area contributed by atoms with E-state index in [1.165, 1.54) is 19.4 Å². The fourth-order valence-electron chi connectivity index (χ4n) is 3.57. The molecule has 3 N–H and O–H groups in total. The van der Waals surface area contributed by atoms with Crippen LogP contribution in [-0.2, 0) is 0 Å². The number of anilines is 2. The molecule has 0 spiro atoms. The van der Waals surface area contributed by atoms with Crippen molar-refractivity contribution in [3.05, 3.63) is 96.1 Å². The van der Waals surface area contributed by atoms with Gasteiger partial charge in [0.15, 0.2) is 5.78 Å². The number of ketones is 1. The van der Waals surface area contributed by atoms with E-state index in [9.17, 15) is 14.7 Å². The predicted molar refractivity (Wildman–Crippen MR) is 147 cm³/mol. The fraction of sp³-hybridized carbons (Fsp3) is 0.167. The highest BCUT2D eigenvalue weighted by Gasteiger charge is 2.17. The number of amides is 1. The maximum absolute atomic E-state index is 13.1. The summed E-state index contributed by atoms with van der Waals surface area (Å²) in [6.07, 6.45) is 1.25. The number of pyridine rings is 1. The standard InChI is InChI=1S/C27H23N3O3.C3H8/c1-17(31)21-13-11-19(18-7-4-3-5-8-18)16-24(21)30-27(33)22-15-20(12-14-25(22)32)23-9-6-10-26(28-2)29-23;1-3-2/h3-16,32H,1-2H3,(H,28,29)(H,30,33);3H2,1-2H3. The number of hydrogen-bond donors (Lipinski definition) is 3. The molecule has 4 rings (SSSR count). The van der Waals surface area contributed by atoms with Gasteiger partial charge in [-0.05, 0) is 60.5 Å². The van der Waals surface area contributed by atoms with Crippen LogP contribution in [0, 0.1) is 0 Å². The Hall–Kier alpha value is -4.45. The van der Waals surface area contributed by atoms with Gasteiger partial charge in [-0.25, -0.2) is 4.98 Å². The van der Waals surface area contributed by atoms with Gasteiger partial charge in [0, 0.05) is 18.2 Å². The minimum Gasteiger partial charge on any atom is -0.507 e. The van der Waals surface area contributed by atoms with Crippen molar-refractivity contribution in [1.82, 2.24) is 4.98 Å². The molecule has 0 aliphatic rings. The van der Waals surface area contributed by atoms with E-state index >= 15 is 0 Å². The Balaban J connectivity index is 0.00000115. The number of phenols is 1. The molecular formula is C30H31N3O3. The van der Waals surface area contributed by atoms with Crippen LogP contribution < -0.4 is 10.6 Å². The monoisotopic (exact) mass is 481 g/mol. The van der Waals surface area contributed by atoms with Crippen LogP contribution in [0.2, 0.25) is 0 Å². The predicted octanol–water partition coefficient (Wildman–Crippen LogP) is 7.03. The average Bonchev–Trinajstić information content (AvgIpc) is 2.89. The van der Waals surface area contributed by atoms with Crippen molar-refractivity contribution >= 4 is 23.2 Å². The Labute approximate surface area is 212 Å². The summed E-state index contributed by atoms with van der Waals surface area (Å²) in [5.41, 5.74) is 4.02. The molecule has 0 radical (unpaired) electrons. The summed E-state index contributed by atoms with van der Waals surface area (Å²) in [5, 5.41) is 16.2. The summed E-state index contributed by atoms with van der Waals surface area (Å²) in [7, 11) is 1.78. The first-order valence-corrected chi connectivity index (χ1v) is 11.9. The molecule has 1 aromatic heterocycles. The van der Waals surface area contributed by atoms with E-state index in [2.05, 4.69) is 29.5 Å². The van der Waals surface area contributed by atoms with E-state index in [0.717, 1.165) is 11.1 Å². The molecule has 6 nitrogen and oxygen atoms in total. The Kier molecular flexibility index (Phi) is 8.95. The summed E-state index contributed by atoms with van der Waals surface area (Å²) in [6, 6.07) is 25.3. The normalized spacial score (nSPS) is 10.1. The number of benzene rings is 3. The van der Waals surface area contributed by atoms with E-state index in [0.29, 0.717) is 28.3 Å². The Bertz CT molecular complexity index is 1350. The van der Waals surface area contributed by atoms with Gasteiger partial charge in [-0.2, -0.15) is 0 Å². The number of carbonyl (C=O) groups is 2. The third-order valence-electron chi connectivity index (χ3n) is 5.30. The summed E-state index contributed by atoms with van der Waals surface area (Å²) >= 11 is 0. The first-order chi connectivity index (χ1) is 17.4. The van der Waals surface area contributed by atoms with Gasteiger partial charge < -0.3 is 15.7 Å². The second-order valence-electron chi connectivity index (χ2n) is 8.23. The van der Waals surface area contributed by atoms with Crippen LogP contribution in [0.4, 0.5) is 11.5 Å². The van der Waals surface area contributed by atoms with Gasteiger partial charge in [0.2, 0.25) is 0 Å². The summed E-state index contributed by atoms with van der Waals surface area (Å²) < 4.78 is 0. The molecule has 0 bridgehead atoms. The van der Waals surface area contributed by atoms with Gasteiger partial charge in [0.05, 0.1) is 16.9 Å². The molecule has 0 unspecified atom stereocenters. The average molecular weight is 482 g/mol. The highest BCUT2D eigenvalue weighted by molar-refractivity contribution is 6.11. The van der Waals surface area contributed by atoms with E-state index in [-0.39, 0.29) is 17.1 Å². The number of phenolic OH excluding ortho intramolecular Hbond substituents is 1. The topological polar surface area (TPSA) is 91.3 Å². The quantitative estimate of drug-likeness (QED) is 0.257. The first kappa shape index (κ1) is 26.2. The number of Topliss-reactive ketones (excluding diaryl/α,β-unsaturated/α-hetero) is 1. The molecule has 1 heterocycles. The molecule has 3 aromatic carbocycles. The van der Waals surface area contributed by atoms with E-state index in [4.69, 9.17) is 0 Å². The van der Waals surface area contributed by atoms with Crippen LogP contribution in [-0.4, -0.2) is 28.8 Å². The molecule has 0 fully saturated rings. The minimum absolute atomic E-state index is 0.0868. The number of carbonyl (C=O) groups excluding carboxylic acids is 2. The molecule has 184 valence electrons. The van der Waals surface area contributed by atoms with E-state index in [1.54, 1.807) is 31.3 Å². The van der Waals surface area contributed by atoms with Crippen LogP contribution in [0.25, 0.3) is 22.4 Å². The number of nitrogens with one attached hydrogen (secondary N) is 2. The maximum Gasteiger partial charge on any atom is 0.259 e. The van der Waals surface area contributed by atoms with E-state index < -0.39 is 5.91 Å². The molecule has 6 heteroatoms. The number of hydrogen-bond acceptors (Lipinski definition) is 5. The van der Waals surface area contributed by atoms with Crippen LogP contribution in [0.1, 0.15) is 47.9 Å². The second kappa shape index (κ2) is 12.3. The molecule has 1 amide bonds. The van der Waals surface area contributed by atoms with Crippen LogP contribution in [0.5, 0.6) is 5.75 Å². The van der Waals surface area contributed by atoms with Crippen molar-refractivity contribution in [3.63, 3.8) is 0 Å². The molecule has 4 aromatic rings. The third-order valence-corrected chi connectivity index (χ3v) is 5.30. The van der Waals surface area contributed by atoms with Gasteiger partial charge in [-0.15, -0.1) is 0 Å². The zero-order chi connectivity index (χ0) is 26.1. The molecule has 0 saturated carbocycles. The zero-order valence-electron chi connectivity index (χ0n) is 21.0. The lowest BCUT2D eigenvalue weighted by Crippen LogP contribution is -2.15. The SMILES string of the molecule is CCC.CNc1cccc(-c2ccc(O)c(C(=O)Nc3cc(-c4ccccc4)ccc3C(C)=O)c2)n1. The zero-order valence-corrected chi connectivity index (χ0v) is 21.0. The lowest BCUT2D eigenvalue weighted by molar-refractivity contribution is 0.101. The van der Waals surface area contributed by atoms with Crippen molar-refractivity contribution in [2.45, 2.75) is 27.2 Å². The Morgan fingerprint density at radius 2 is 1.50 bits per heavy atom. The van der Waals surface area contributed by atoms with Gasteiger partial charge in [-0.3, -0.25) is 9.59 Å². The molecule has 0 saturated heterocycles. The summed E-state index contributed by atoms with van der Waals surface area (Å²) in [6.45, 7) is 5.70. The van der Waals surface area contributed by atoms with Crippen molar-refractivity contribution in [2.75, 3.05) is 17.7 Å². The number of aromatic hydroxyl groups is 1. The van der Waals surface area contributed by atoms with E-state index in [1.807, 2.05) is 54.6 Å². The molecule has 0 atom stereocenters. The molecule has 0 aliphatic heterocycles. The van der Waals surface area contributed by atoms with Crippen LogP contribution >= 0.6 is 0 Å². The highest BCUT2D eigenvalue weighted by atomic mass is 16.3. The summed E-state index contributed by atoms with van der Waals surface area (Å²) in [5.74, 6) is -0.164. The van der Waals surface area contributed by atoms with Gasteiger partial charge >= 0.3 is 0 Å².